The summed E-state index contributed by atoms with van der Waals surface area (Å²) >= 11 is 0. The van der Waals surface area contributed by atoms with Gasteiger partial charge in [-0.25, -0.2) is 4.57 Å². The fourth-order valence-electron chi connectivity index (χ4n) is 11.1. The number of nitrogens with zero attached hydrogens (tertiary/aromatic N) is 1. The van der Waals surface area contributed by atoms with Crippen LogP contribution in [0.15, 0.2) is 48.6 Å². The number of quaternary nitrogens is 1. The molecular weight excluding hydrogens is 1090 g/mol. The van der Waals surface area contributed by atoms with Crippen molar-refractivity contribution >= 4 is 19.8 Å². The maximum absolute atomic E-state index is 12.9. The topological polar surface area (TPSA) is 108 Å². The Morgan fingerprint density at radius 2 is 0.628 bits per heavy atom. The number of carbonyl (C=O) groups excluding carboxylic acids is 2. The maximum atomic E-state index is 12.9. The summed E-state index contributed by atoms with van der Waals surface area (Å²) in [4.78, 5) is 35.9. The molecule has 2 unspecified atom stereocenters. The Hall–Kier alpha value is -2.03. The fourth-order valence-corrected chi connectivity index (χ4v) is 11.8. The molecule has 0 aromatic heterocycles. The lowest BCUT2D eigenvalue weighted by Gasteiger charge is -2.24. The molecule has 0 heterocycles. The molecule has 9 nitrogen and oxygen atoms in total. The highest BCUT2D eigenvalue weighted by molar-refractivity contribution is 7.47. The van der Waals surface area contributed by atoms with Crippen LogP contribution in [0, 0.1) is 0 Å². The first-order chi connectivity index (χ1) is 42.0. The van der Waals surface area contributed by atoms with Crippen LogP contribution >= 0.6 is 7.82 Å². The van der Waals surface area contributed by atoms with E-state index in [2.05, 4.69) is 62.5 Å². The zero-order valence-electron chi connectivity index (χ0n) is 57.8. The summed E-state index contributed by atoms with van der Waals surface area (Å²) in [5.41, 5.74) is 0. The van der Waals surface area contributed by atoms with Gasteiger partial charge in [0.2, 0.25) is 0 Å². The number of carbonyl (C=O) groups is 2. The highest BCUT2D eigenvalue weighted by Gasteiger charge is 2.27. The quantitative estimate of drug-likeness (QED) is 0.0211. The molecule has 0 rings (SSSR count). The fraction of sp³-hybridized carbons (Fsp3) is 0.868. The van der Waals surface area contributed by atoms with E-state index < -0.39 is 26.5 Å². The lowest BCUT2D eigenvalue weighted by Crippen LogP contribution is -2.37. The van der Waals surface area contributed by atoms with Crippen molar-refractivity contribution in [3.8, 4) is 0 Å². The zero-order chi connectivity index (χ0) is 62.6. The van der Waals surface area contributed by atoms with Crippen molar-refractivity contribution in [2.24, 2.45) is 0 Å². The van der Waals surface area contributed by atoms with Crippen molar-refractivity contribution in [1.82, 2.24) is 0 Å². The van der Waals surface area contributed by atoms with Crippen LogP contribution in [0.2, 0.25) is 0 Å². The molecule has 0 fully saturated rings. The third-order valence-corrected chi connectivity index (χ3v) is 17.8. The number of hydrogen-bond donors (Lipinski definition) is 1. The van der Waals surface area contributed by atoms with Crippen molar-refractivity contribution < 1.29 is 42.1 Å². The van der Waals surface area contributed by atoms with E-state index >= 15 is 0 Å². The van der Waals surface area contributed by atoms with E-state index in [0.29, 0.717) is 23.9 Å². The summed E-state index contributed by atoms with van der Waals surface area (Å²) < 4.78 is 34.8. The normalized spacial score (nSPS) is 13.3. The molecule has 0 aromatic rings. The van der Waals surface area contributed by atoms with Gasteiger partial charge in [-0.3, -0.25) is 18.6 Å². The SMILES string of the molecule is CCCCCCC/C=C\C/C=C\C/C=C\CCCCCCCCCCCCCCCCCCCCCCCCCCC(=O)OC(COC(=O)CCCCCCCCCCCCC/C=C\CCCCCCCCCC)COP(=O)(O)OCC[N+](C)(C)C. The summed E-state index contributed by atoms with van der Waals surface area (Å²) in [6, 6.07) is 0. The Morgan fingerprint density at radius 1 is 0.360 bits per heavy atom. The number of esters is 2. The van der Waals surface area contributed by atoms with E-state index in [1.807, 2.05) is 21.1 Å². The van der Waals surface area contributed by atoms with Gasteiger partial charge in [-0.2, -0.15) is 0 Å². The van der Waals surface area contributed by atoms with Crippen molar-refractivity contribution in [3.63, 3.8) is 0 Å². The second-order valence-corrected chi connectivity index (χ2v) is 28.1. The first-order valence-electron chi connectivity index (χ1n) is 37.4. The Labute approximate surface area is 534 Å². The molecule has 0 bridgehead atoms. The van der Waals surface area contributed by atoms with E-state index in [1.54, 1.807) is 0 Å². The lowest BCUT2D eigenvalue weighted by atomic mass is 10.0. The van der Waals surface area contributed by atoms with Crippen LogP contribution < -0.4 is 0 Å². The van der Waals surface area contributed by atoms with E-state index in [1.165, 1.54) is 295 Å². The van der Waals surface area contributed by atoms with Crippen LogP contribution in [-0.2, 0) is 32.7 Å². The number of allylic oxidation sites excluding steroid dienone is 8. The average Bonchev–Trinajstić information content (AvgIpc) is 3.56. The number of phosphoric acid groups is 1. The Kier molecular flexibility index (Phi) is 65.8. The minimum absolute atomic E-state index is 0.0339. The van der Waals surface area contributed by atoms with Crippen molar-refractivity contribution in [1.29, 1.82) is 0 Å². The van der Waals surface area contributed by atoms with Gasteiger partial charge in [0.1, 0.15) is 19.8 Å². The molecule has 0 radical (unpaired) electrons. The number of unbranched alkanes of at least 4 members (excludes halogenated alkanes) is 48. The summed E-state index contributed by atoms with van der Waals surface area (Å²) in [5.74, 6) is -0.778. The number of phosphoric ester groups is 1. The minimum atomic E-state index is -4.39. The van der Waals surface area contributed by atoms with Gasteiger partial charge < -0.3 is 18.9 Å². The monoisotopic (exact) mass is 1230 g/mol. The Balaban J connectivity index is 3.92. The zero-order valence-corrected chi connectivity index (χ0v) is 58.7. The number of likely N-dealkylation sites (N-methyl/N-ethyl adjacent to an activating group) is 1. The van der Waals surface area contributed by atoms with E-state index in [0.717, 1.165) is 44.9 Å². The van der Waals surface area contributed by atoms with Gasteiger partial charge >= 0.3 is 19.8 Å². The molecule has 1 N–H and O–H groups in total. The van der Waals surface area contributed by atoms with Gasteiger partial charge in [0, 0.05) is 12.8 Å². The van der Waals surface area contributed by atoms with Gasteiger partial charge in [0.25, 0.3) is 0 Å². The Morgan fingerprint density at radius 3 is 0.942 bits per heavy atom. The van der Waals surface area contributed by atoms with Crippen molar-refractivity contribution in [3.05, 3.63) is 48.6 Å². The van der Waals surface area contributed by atoms with Gasteiger partial charge in [-0.1, -0.05) is 332 Å². The maximum Gasteiger partial charge on any atom is 0.472 e. The van der Waals surface area contributed by atoms with Gasteiger partial charge in [-0.15, -0.1) is 0 Å². The molecule has 0 saturated carbocycles. The van der Waals surface area contributed by atoms with Crippen LogP contribution in [0.3, 0.4) is 0 Å². The number of ether oxygens (including phenoxy) is 2. The first-order valence-corrected chi connectivity index (χ1v) is 38.9. The molecule has 10 heteroatoms. The van der Waals surface area contributed by atoms with Crippen LogP contribution in [0.4, 0.5) is 0 Å². The average molecular weight is 1230 g/mol. The first kappa shape index (κ1) is 84.0. The van der Waals surface area contributed by atoms with Crippen LogP contribution in [0.25, 0.3) is 0 Å². The second kappa shape index (κ2) is 67.4. The minimum Gasteiger partial charge on any atom is -0.462 e. The second-order valence-electron chi connectivity index (χ2n) is 26.7. The summed E-state index contributed by atoms with van der Waals surface area (Å²) in [5, 5.41) is 0. The van der Waals surface area contributed by atoms with Crippen LogP contribution in [0.1, 0.15) is 373 Å². The highest BCUT2D eigenvalue weighted by atomic mass is 31.2. The third kappa shape index (κ3) is 71.1. The molecule has 0 amide bonds. The molecule has 86 heavy (non-hydrogen) atoms. The standard InChI is InChI=1S/C76H144NO8P/c1-6-8-10-12-14-16-18-20-22-24-26-28-30-31-32-33-34-35-36-37-38-39-40-41-42-43-44-45-47-49-51-53-55-57-59-61-63-65-67-69-76(79)85-74(73-84-86(80,81)83-71-70-77(3,4)5)72-82-75(78)68-66-64-62-60-58-56-54-52-50-48-46-29-27-25-23-21-19-17-15-13-11-9-7-2/h18,20,24-27,30-31,74H,6-17,19,21-23,28-29,32-73H2,1-5H3/p+1/b20-18-,26-24-,27-25-,31-30-. The number of hydrogen-bond acceptors (Lipinski definition) is 7. The molecule has 0 aliphatic rings. The highest BCUT2D eigenvalue weighted by Crippen LogP contribution is 2.43. The van der Waals surface area contributed by atoms with E-state index in [-0.39, 0.29) is 25.6 Å². The molecule has 0 saturated heterocycles. The van der Waals surface area contributed by atoms with Gasteiger partial charge in [0.05, 0.1) is 27.7 Å². The number of rotatable bonds is 70. The lowest BCUT2D eigenvalue weighted by molar-refractivity contribution is -0.870. The Bertz CT molecular complexity index is 1590. The molecule has 0 spiro atoms. The predicted octanol–water partition coefficient (Wildman–Crippen LogP) is 24.4. The van der Waals surface area contributed by atoms with Crippen molar-refractivity contribution in [2.75, 3.05) is 47.5 Å². The summed E-state index contributed by atoms with van der Waals surface area (Å²) in [6.45, 7) is 4.48. The smallest absolute Gasteiger partial charge is 0.462 e. The molecule has 0 aliphatic heterocycles. The molecule has 2 atom stereocenters. The summed E-state index contributed by atoms with van der Waals surface area (Å²) in [6.07, 6.45) is 88.1. The third-order valence-electron chi connectivity index (χ3n) is 16.8. The van der Waals surface area contributed by atoms with Gasteiger partial charge in [0.15, 0.2) is 6.10 Å². The largest absolute Gasteiger partial charge is 0.472 e. The van der Waals surface area contributed by atoms with Crippen molar-refractivity contribution in [2.45, 2.75) is 380 Å². The van der Waals surface area contributed by atoms with E-state index in [4.69, 9.17) is 18.5 Å². The van der Waals surface area contributed by atoms with Crippen LogP contribution in [0.5, 0.6) is 0 Å². The molecule has 0 aromatic carbocycles. The van der Waals surface area contributed by atoms with Gasteiger partial charge in [-0.05, 0) is 77.0 Å². The van der Waals surface area contributed by atoms with E-state index in [9.17, 15) is 19.0 Å². The molecule has 0 aliphatic carbocycles. The van der Waals surface area contributed by atoms with Crippen LogP contribution in [-0.4, -0.2) is 74.9 Å². The molecule has 506 valence electrons. The summed E-state index contributed by atoms with van der Waals surface area (Å²) in [7, 11) is 1.50. The molecular formula is C76H145NO8P+. The predicted molar refractivity (Wildman–Crippen MR) is 372 cm³/mol.